The fraction of sp³-hybridized carbons (Fsp3) is 0.732. The molecular weight excluding hydrogens is 562 g/mol. The Kier molecular flexibility index (Phi) is 7.21. The molecule has 3 saturated carbocycles. The van der Waals surface area contributed by atoms with Crippen LogP contribution in [0.25, 0.3) is 0 Å². The van der Waals surface area contributed by atoms with Gasteiger partial charge in [0.1, 0.15) is 12.3 Å². The molecule has 0 aromatic rings. The summed E-state index contributed by atoms with van der Waals surface area (Å²) < 4.78 is 0. The normalized spacial score (nSPS) is 48.8. The first-order valence-electron chi connectivity index (χ1n) is 19.3. The van der Waals surface area contributed by atoms with Crippen LogP contribution in [0.1, 0.15) is 104 Å². The summed E-state index contributed by atoms with van der Waals surface area (Å²) >= 11 is 0. The number of allylic oxidation sites excluding steroid dienone is 7. The van der Waals surface area contributed by atoms with Crippen LogP contribution in [0.15, 0.2) is 59.5 Å². The molecule has 5 heteroatoms. The minimum absolute atomic E-state index is 0.233. The third-order valence-electron chi connectivity index (χ3n) is 15.2. The van der Waals surface area contributed by atoms with Gasteiger partial charge in [0.2, 0.25) is 0 Å². The van der Waals surface area contributed by atoms with Crippen molar-refractivity contribution in [2.45, 2.75) is 129 Å². The molecule has 2 N–H and O–H groups in total. The van der Waals surface area contributed by atoms with Gasteiger partial charge in [0.25, 0.3) is 0 Å². The fourth-order valence-corrected chi connectivity index (χ4v) is 13.1. The van der Waals surface area contributed by atoms with E-state index in [0.717, 1.165) is 37.0 Å². The third-order valence-corrected chi connectivity index (χ3v) is 15.2. The molecule has 9 rings (SSSR count). The van der Waals surface area contributed by atoms with Crippen LogP contribution in [-0.4, -0.2) is 39.3 Å². The van der Waals surface area contributed by atoms with E-state index in [1.165, 1.54) is 69.9 Å². The molecule has 3 heterocycles. The lowest BCUT2D eigenvalue weighted by Gasteiger charge is -2.40. The van der Waals surface area contributed by atoms with E-state index in [1.807, 2.05) is 0 Å². The second-order valence-corrected chi connectivity index (χ2v) is 17.5. The Bertz CT molecular complexity index is 1430. The van der Waals surface area contributed by atoms with Gasteiger partial charge in [-0.15, -0.1) is 0 Å². The quantitative estimate of drug-likeness (QED) is 0.254. The second-order valence-electron chi connectivity index (χ2n) is 17.5. The lowest BCUT2D eigenvalue weighted by atomic mass is 9.66. The second kappa shape index (κ2) is 11.1. The number of fused-ring (bicyclic) bond motifs is 5. The van der Waals surface area contributed by atoms with Crippen molar-refractivity contribution in [1.29, 1.82) is 5.26 Å². The molecule has 9 aliphatic rings. The van der Waals surface area contributed by atoms with E-state index < -0.39 is 0 Å². The number of nitrogens with zero attached hydrogens (tertiary/aromatic N) is 4. The summed E-state index contributed by atoms with van der Waals surface area (Å²) in [5.41, 5.74) is 11.6. The van der Waals surface area contributed by atoms with Crippen LogP contribution in [0.3, 0.4) is 0 Å². The van der Waals surface area contributed by atoms with Crippen molar-refractivity contribution >= 4 is 0 Å². The Morgan fingerprint density at radius 2 is 1.78 bits per heavy atom. The highest BCUT2D eigenvalue weighted by atomic mass is 15.9. The van der Waals surface area contributed by atoms with E-state index in [4.69, 9.17) is 5.73 Å². The summed E-state index contributed by atoms with van der Waals surface area (Å²) in [5.74, 6) is 5.64. The van der Waals surface area contributed by atoms with E-state index in [2.05, 4.69) is 84.3 Å². The maximum Gasteiger partial charge on any atom is 0.120 e. The minimum atomic E-state index is 0.233. The highest BCUT2D eigenvalue weighted by molar-refractivity contribution is 5.32. The fourth-order valence-electron chi connectivity index (χ4n) is 13.1. The van der Waals surface area contributed by atoms with Crippen LogP contribution in [0.2, 0.25) is 0 Å². The van der Waals surface area contributed by atoms with Gasteiger partial charge in [-0.05, 0) is 131 Å². The van der Waals surface area contributed by atoms with Gasteiger partial charge in [0.15, 0.2) is 0 Å². The van der Waals surface area contributed by atoms with Crippen LogP contribution in [0.4, 0.5) is 0 Å². The molecule has 46 heavy (non-hydrogen) atoms. The molecule has 0 aromatic carbocycles. The molecule has 246 valence electrons. The first-order valence-corrected chi connectivity index (χ1v) is 19.3. The predicted molar refractivity (Wildman–Crippen MR) is 184 cm³/mol. The number of likely N-dealkylation sites (tertiary alicyclic amines) is 1. The molecular formula is C41H57N5. The molecule has 0 radical (unpaired) electrons. The van der Waals surface area contributed by atoms with Gasteiger partial charge < -0.3 is 5.73 Å². The number of rotatable bonds is 4. The van der Waals surface area contributed by atoms with Crippen molar-refractivity contribution in [3.63, 3.8) is 0 Å². The molecule has 0 amide bonds. The first kappa shape index (κ1) is 29.8. The van der Waals surface area contributed by atoms with Crippen molar-refractivity contribution < 1.29 is 0 Å². The molecule has 2 saturated heterocycles. The van der Waals surface area contributed by atoms with Gasteiger partial charge in [-0.2, -0.15) is 10.3 Å². The predicted octanol–water partition coefficient (Wildman–Crippen LogP) is 8.27. The summed E-state index contributed by atoms with van der Waals surface area (Å²) in [5, 5.41) is 15.6. The molecule has 3 aliphatic heterocycles. The summed E-state index contributed by atoms with van der Waals surface area (Å²) in [4.78, 5) is 2.98. The lowest BCUT2D eigenvalue weighted by Crippen LogP contribution is -2.48. The van der Waals surface area contributed by atoms with E-state index in [-0.39, 0.29) is 5.92 Å². The van der Waals surface area contributed by atoms with Crippen LogP contribution < -0.4 is 5.73 Å². The maximum absolute atomic E-state index is 9.93. The molecule has 0 bridgehead atoms. The molecule has 0 aromatic heterocycles. The maximum atomic E-state index is 9.93. The van der Waals surface area contributed by atoms with E-state index in [1.54, 1.807) is 11.3 Å². The van der Waals surface area contributed by atoms with E-state index >= 15 is 0 Å². The van der Waals surface area contributed by atoms with Gasteiger partial charge >= 0.3 is 0 Å². The molecule has 14 atom stereocenters. The van der Waals surface area contributed by atoms with Crippen molar-refractivity contribution in [1.82, 2.24) is 14.9 Å². The zero-order chi connectivity index (χ0) is 31.3. The third kappa shape index (κ3) is 4.37. The summed E-state index contributed by atoms with van der Waals surface area (Å²) in [7, 11) is 0. The molecule has 0 spiro atoms. The Morgan fingerprint density at radius 1 is 0.935 bits per heavy atom. The highest BCUT2D eigenvalue weighted by Gasteiger charge is 2.64. The number of hydrogen-bond acceptors (Lipinski definition) is 5. The number of nitrogens with two attached hydrogens (primary N) is 1. The van der Waals surface area contributed by atoms with E-state index in [9.17, 15) is 5.26 Å². The molecule has 5 fully saturated rings. The standard InChI is InChI=1S/C41H57N5/c1-25-39(31-14-5-8-17-35(31)43)32-15-6-9-18-36(32)44(25)38-23-37(45-40(46(38)45)28-12-10-11-26(21-28)24-42)27-19-20-30-29-13-4-7-16-33(29)41(2,3)34(30)22-27/h4,6-7,13,15-16,23,25-30,32-34,36,38-40H,5,8-12,14,17-22,43H2,1-3H3. The lowest BCUT2D eigenvalue weighted by molar-refractivity contribution is 0.0657. The number of hydrogen-bond donors (Lipinski definition) is 1. The van der Waals surface area contributed by atoms with Crippen molar-refractivity contribution in [3.05, 3.63) is 59.5 Å². The van der Waals surface area contributed by atoms with E-state index in [0.29, 0.717) is 59.4 Å². The van der Waals surface area contributed by atoms with Gasteiger partial charge in [-0.1, -0.05) is 56.7 Å². The SMILES string of the molecule is CC1C(C2=C(N)CCCC2)C2C=CCCC2N1C1C=C(C2CCC3C4C=CC=CC4C(C)(C)C3C2)N2C(C3CCCC(C#N)C3)N12. The average Bonchev–Trinajstić information content (AvgIpc) is 3.49. The number of nitriles is 1. The topological polar surface area (TPSA) is 59.1 Å². The van der Waals surface area contributed by atoms with Gasteiger partial charge in [0.05, 0.1) is 6.07 Å². The van der Waals surface area contributed by atoms with Gasteiger partial charge in [-0.25, -0.2) is 0 Å². The Balaban J connectivity index is 1.06. The van der Waals surface area contributed by atoms with Gasteiger partial charge in [-0.3, -0.25) is 9.91 Å². The smallest absolute Gasteiger partial charge is 0.120 e. The Hall–Kier alpha value is -2.29. The summed E-state index contributed by atoms with van der Waals surface area (Å²) in [6.45, 7) is 7.71. The first-order chi connectivity index (χ1) is 22.4. The van der Waals surface area contributed by atoms with Crippen molar-refractivity contribution in [2.24, 2.45) is 64.4 Å². The zero-order valence-corrected chi connectivity index (χ0v) is 28.6. The minimum Gasteiger partial charge on any atom is -0.402 e. The van der Waals surface area contributed by atoms with Crippen molar-refractivity contribution in [3.8, 4) is 6.07 Å². The van der Waals surface area contributed by atoms with Gasteiger partial charge in [0, 0.05) is 47.1 Å². The molecule has 6 aliphatic carbocycles. The van der Waals surface area contributed by atoms with Crippen molar-refractivity contribution in [2.75, 3.05) is 0 Å². The average molecular weight is 620 g/mol. The van der Waals surface area contributed by atoms with Crippen LogP contribution >= 0.6 is 0 Å². The van der Waals surface area contributed by atoms with Crippen LogP contribution in [0, 0.1) is 70.0 Å². The highest BCUT2D eigenvalue weighted by Crippen LogP contribution is 2.64. The van der Waals surface area contributed by atoms with Crippen LogP contribution in [-0.2, 0) is 0 Å². The molecule has 14 unspecified atom stereocenters. The summed E-state index contributed by atoms with van der Waals surface area (Å²) in [6, 6.07) is 3.74. The Labute approximate surface area is 278 Å². The monoisotopic (exact) mass is 619 g/mol. The van der Waals surface area contributed by atoms with Crippen LogP contribution in [0.5, 0.6) is 0 Å². The Morgan fingerprint density at radius 3 is 2.63 bits per heavy atom. The zero-order valence-electron chi connectivity index (χ0n) is 28.6. The number of hydrazine groups is 1. The largest absolute Gasteiger partial charge is 0.402 e. The summed E-state index contributed by atoms with van der Waals surface area (Å²) in [6.07, 6.45) is 34.3. The molecule has 5 nitrogen and oxygen atoms in total.